The van der Waals surface area contributed by atoms with Crippen molar-refractivity contribution in [2.75, 3.05) is 20.1 Å². The number of hydrogen-bond donors (Lipinski definition) is 1. The molecule has 0 spiro atoms. The maximum Gasteiger partial charge on any atom is 0.239 e. The van der Waals surface area contributed by atoms with Crippen molar-refractivity contribution in [1.82, 2.24) is 10.2 Å². The Balaban J connectivity index is 1.81. The van der Waals surface area contributed by atoms with Crippen molar-refractivity contribution in [3.8, 4) is 0 Å². The number of likely N-dealkylation sites (N-methyl/N-ethyl adjacent to an activating group) is 1. The Morgan fingerprint density at radius 3 is 2.62 bits per heavy atom. The van der Waals surface area contributed by atoms with E-state index in [4.69, 9.17) is 0 Å². The highest BCUT2D eigenvalue weighted by Crippen LogP contribution is 2.38. The van der Waals surface area contributed by atoms with Crippen molar-refractivity contribution in [2.24, 2.45) is 17.8 Å². The zero-order valence-electron chi connectivity index (χ0n) is 10.7. The average molecular weight is 224 g/mol. The molecule has 0 radical (unpaired) electrons. The molecular formula is C13H24N2O. The highest BCUT2D eigenvalue weighted by atomic mass is 16.2. The second kappa shape index (κ2) is 4.74. The van der Waals surface area contributed by atoms with Crippen LogP contribution in [0.5, 0.6) is 0 Å². The minimum atomic E-state index is 0.0720. The van der Waals surface area contributed by atoms with Crippen LogP contribution in [0.2, 0.25) is 0 Å². The first-order valence-electron chi connectivity index (χ1n) is 6.56. The Hall–Kier alpha value is -0.570. The van der Waals surface area contributed by atoms with Gasteiger partial charge in [0.25, 0.3) is 0 Å². The lowest BCUT2D eigenvalue weighted by Crippen LogP contribution is -2.49. The molecule has 1 aliphatic heterocycles. The van der Waals surface area contributed by atoms with Crippen LogP contribution in [0, 0.1) is 17.8 Å². The smallest absolute Gasteiger partial charge is 0.239 e. The lowest BCUT2D eigenvalue weighted by atomic mass is 9.93. The van der Waals surface area contributed by atoms with Crippen LogP contribution in [0.15, 0.2) is 0 Å². The number of carbonyl (C=O) groups excluding carboxylic acids is 1. The van der Waals surface area contributed by atoms with E-state index in [1.807, 2.05) is 11.9 Å². The summed E-state index contributed by atoms with van der Waals surface area (Å²) in [6.07, 6.45) is 3.50. The molecule has 1 heterocycles. The van der Waals surface area contributed by atoms with Crippen LogP contribution in [-0.4, -0.2) is 37.0 Å². The van der Waals surface area contributed by atoms with Crippen LogP contribution in [0.1, 0.15) is 33.1 Å². The van der Waals surface area contributed by atoms with Gasteiger partial charge in [-0.25, -0.2) is 0 Å². The van der Waals surface area contributed by atoms with E-state index in [0.717, 1.165) is 31.3 Å². The third-order valence-electron chi connectivity index (χ3n) is 4.12. The van der Waals surface area contributed by atoms with Crippen LogP contribution in [-0.2, 0) is 4.79 Å². The molecule has 16 heavy (non-hydrogen) atoms. The Labute approximate surface area is 98.6 Å². The molecule has 0 aromatic heterocycles. The van der Waals surface area contributed by atoms with Crippen LogP contribution >= 0.6 is 0 Å². The lowest BCUT2D eigenvalue weighted by Gasteiger charge is -2.30. The molecule has 1 amide bonds. The fourth-order valence-electron chi connectivity index (χ4n) is 2.66. The van der Waals surface area contributed by atoms with Gasteiger partial charge >= 0.3 is 0 Å². The molecule has 1 N–H and O–H groups in total. The van der Waals surface area contributed by atoms with Gasteiger partial charge < -0.3 is 10.2 Å². The Morgan fingerprint density at radius 2 is 2.06 bits per heavy atom. The third-order valence-corrected chi connectivity index (χ3v) is 4.12. The van der Waals surface area contributed by atoms with Crippen molar-refractivity contribution >= 4 is 5.91 Å². The van der Waals surface area contributed by atoms with Crippen molar-refractivity contribution in [1.29, 1.82) is 0 Å². The van der Waals surface area contributed by atoms with Gasteiger partial charge in [0.05, 0.1) is 6.04 Å². The van der Waals surface area contributed by atoms with E-state index in [0.29, 0.717) is 11.8 Å². The summed E-state index contributed by atoms with van der Waals surface area (Å²) in [6.45, 7) is 6.45. The summed E-state index contributed by atoms with van der Waals surface area (Å²) in [5.41, 5.74) is 0. The first kappa shape index (κ1) is 11.9. The quantitative estimate of drug-likeness (QED) is 0.787. The van der Waals surface area contributed by atoms with Crippen molar-refractivity contribution < 1.29 is 4.79 Å². The minimum Gasteiger partial charge on any atom is -0.344 e. The van der Waals surface area contributed by atoms with E-state index in [1.165, 1.54) is 12.8 Å². The van der Waals surface area contributed by atoms with Gasteiger partial charge in [0.15, 0.2) is 0 Å². The Bertz CT molecular complexity index is 267. The fraction of sp³-hybridized carbons (Fsp3) is 0.923. The van der Waals surface area contributed by atoms with Gasteiger partial charge in [0.2, 0.25) is 5.91 Å². The van der Waals surface area contributed by atoms with Crippen molar-refractivity contribution in [2.45, 2.75) is 39.2 Å². The molecule has 1 saturated carbocycles. The molecule has 3 heteroatoms. The SMILES string of the molecule is CC1CCNC(C(=O)N(C)CC2CC2C)C1. The molecule has 0 bridgehead atoms. The predicted octanol–water partition coefficient (Wildman–Crippen LogP) is 1.49. The molecule has 3 nitrogen and oxygen atoms in total. The minimum absolute atomic E-state index is 0.0720. The van der Waals surface area contributed by atoms with Gasteiger partial charge in [-0.2, -0.15) is 0 Å². The molecule has 1 aliphatic carbocycles. The standard InChI is InChI=1S/C13H24N2O/c1-9-4-5-14-12(6-9)13(16)15(3)8-11-7-10(11)2/h9-12,14H,4-8H2,1-3H3. The molecule has 2 fully saturated rings. The summed E-state index contributed by atoms with van der Waals surface area (Å²) in [5.74, 6) is 2.57. The van der Waals surface area contributed by atoms with Crippen LogP contribution in [0.25, 0.3) is 0 Å². The second-order valence-corrected chi connectivity index (χ2v) is 5.83. The summed E-state index contributed by atoms with van der Waals surface area (Å²) in [4.78, 5) is 14.1. The topological polar surface area (TPSA) is 32.3 Å². The monoisotopic (exact) mass is 224 g/mol. The van der Waals surface area contributed by atoms with E-state index >= 15 is 0 Å². The normalized spacial score (nSPS) is 38.2. The van der Waals surface area contributed by atoms with Gasteiger partial charge in [-0.05, 0) is 43.6 Å². The van der Waals surface area contributed by atoms with Crippen molar-refractivity contribution in [3.05, 3.63) is 0 Å². The molecule has 4 unspecified atom stereocenters. The number of piperidine rings is 1. The van der Waals surface area contributed by atoms with Crippen LogP contribution < -0.4 is 5.32 Å². The second-order valence-electron chi connectivity index (χ2n) is 5.83. The molecule has 92 valence electrons. The zero-order valence-corrected chi connectivity index (χ0v) is 10.7. The van der Waals surface area contributed by atoms with E-state index in [-0.39, 0.29) is 6.04 Å². The Kier molecular flexibility index (Phi) is 3.53. The molecule has 4 atom stereocenters. The van der Waals surface area contributed by atoms with Crippen molar-refractivity contribution in [3.63, 3.8) is 0 Å². The third kappa shape index (κ3) is 2.76. The molecule has 2 aliphatic rings. The molecule has 2 rings (SSSR count). The largest absolute Gasteiger partial charge is 0.344 e. The average Bonchev–Trinajstić information content (AvgIpc) is 2.93. The number of carbonyl (C=O) groups is 1. The zero-order chi connectivity index (χ0) is 11.7. The lowest BCUT2D eigenvalue weighted by molar-refractivity contribution is -0.133. The molecule has 0 aromatic rings. The fourth-order valence-corrected chi connectivity index (χ4v) is 2.66. The van der Waals surface area contributed by atoms with Gasteiger partial charge in [0.1, 0.15) is 0 Å². The molecule has 1 saturated heterocycles. The van der Waals surface area contributed by atoms with Gasteiger partial charge in [-0.1, -0.05) is 13.8 Å². The Morgan fingerprint density at radius 1 is 1.38 bits per heavy atom. The first-order valence-corrected chi connectivity index (χ1v) is 6.56. The van der Waals surface area contributed by atoms with E-state index in [1.54, 1.807) is 0 Å². The summed E-state index contributed by atoms with van der Waals surface area (Å²) in [6, 6.07) is 0.0720. The van der Waals surface area contributed by atoms with Gasteiger partial charge in [-0.15, -0.1) is 0 Å². The summed E-state index contributed by atoms with van der Waals surface area (Å²) >= 11 is 0. The highest BCUT2D eigenvalue weighted by molar-refractivity contribution is 5.81. The number of nitrogens with one attached hydrogen (secondary N) is 1. The van der Waals surface area contributed by atoms with E-state index in [9.17, 15) is 4.79 Å². The maximum atomic E-state index is 12.2. The van der Waals surface area contributed by atoms with Crippen LogP contribution in [0.4, 0.5) is 0 Å². The highest BCUT2D eigenvalue weighted by Gasteiger charge is 2.35. The predicted molar refractivity (Wildman–Crippen MR) is 65.1 cm³/mol. The number of nitrogens with zero attached hydrogens (tertiary/aromatic N) is 1. The molecule has 0 aromatic carbocycles. The summed E-state index contributed by atoms with van der Waals surface area (Å²) in [7, 11) is 1.95. The first-order chi connectivity index (χ1) is 7.58. The van der Waals surface area contributed by atoms with Gasteiger partial charge in [-0.3, -0.25) is 4.79 Å². The number of hydrogen-bond acceptors (Lipinski definition) is 2. The van der Waals surface area contributed by atoms with E-state index < -0.39 is 0 Å². The van der Waals surface area contributed by atoms with Gasteiger partial charge in [0, 0.05) is 13.6 Å². The van der Waals surface area contributed by atoms with Crippen LogP contribution in [0.3, 0.4) is 0 Å². The number of amides is 1. The van der Waals surface area contributed by atoms with E-state index in [2.05, 4.69) is 19.2 Å². The maximum absolute atomic E-state index is 12.2. The number of rotatable bonds is 3. The summed E-state index contributed by atoms with van der Waals surface area (Å²) in [5, 5.41) is 3.34. The molecular weight excluding hydrogens is 200 g/mol. The summed E-state index contributed by atoms with van der Waals surface area (Å²) < 4.78 is 0.